The smallest absolute Gasteiger partial charge is 0.316 e. The number of amides is 3. The Balaban J connectivity index is 1.29. The number of anilines is 2. The highest BCUT2D eigenvalue weighted by atomic mass is 16.5. The third-order valence-corrected chi connectivity index (χ3v) is 6.89. The van der Waals surface area contributed by atoms with E-state index in [0.29, 0.717) is 18.5 Å². The van der Waals surface area contributed by atoms with Crippen LogP contribution in [0.15, 0.2) is 60.2 Å². The fourth-order valence-corrected chi connectivity index (χ4v) is 5.09. The molecular formula is C27H26N2O5. The van der Waals surface area contributed by atoms with Gasteiger partial charge in [0.05, 0.1) is 23.4 Å². The third-order valence-electron chi connectivity index (χ3n) is 6.89. The molecule has 174 valence electrons. The van der Waals surface area contributed by atoms with E-state index >= 15 is 0 Å². The first-order chi connectivity index (χ1) is 16.3. The molecule has 0 radical (unpaired) electrons. The molecule has 2 fully saturated rings. The van der Waals surface area contributed by atoms with Crippen molar-refractivity contribution in [2.75, 3.05) is 16.3 Å². The summed E-state index contributed by atoms with van der Waals surface area (Å²) in [4.78, 5) is 54.2. The van der Waals surface area contributed by atoms with Crippen molar-refractivity contribution in [3.63, 3.8) is 0 Å². The van der Waals surface area contributed by atoms with E-state index in [-0.39, 0.29) is 48.3 Å². The molecule has 0 spiro atoms. The number of carbonyl (C=O) groups excluding carboxylic acids is 4. The summed E-state index contributed by atoms with van der Waals surface area (Å²) in [7, 11) is 0. The summed E-state index contributed by atoms with van der Waals surface area (Å²) in [5, 5.41) is 0. The number of benzene rings is 2. The molecule has 2 aromatic rings. The van der Waals surface area contributed by atoms with Gasteiger partial charge >= 0.3 is 5.97 Å². The van der Waals surface area contributed by atoms with Gasteiger partial charge in [-0.05, 0) is 56.5 Å². The number of aryl methyl sites for hydroxylation is 1. The van der Waals surface area contributed by atoms with Gasteiger partial charge in [-0.25, -0.2) is 4.90 Å². The fraction of sp³-hybridized carbons (Fsp3) is 0.333. The lowest BCUT2D eigenvalue weighted by Crippen LogP contribution is -2.31. The Bertz CT molecular complexity index is 1230. The quantitative estimate of drug-likeness (QED) is 0.301. The van der Waals surface area contributed by atoms with Crippen LogP contribution in [0.4, 0.5) is 11.4 Å². The monoisotopic (exact) mass is 458 g/mol. The van der Waals surface area contributed by atoms with E-state index in [1.807, 2.05) is 44.2 Å². The van der Waals surface area contributed by atoms with Crippen molar-refractivity contribution in [1.82, 2.24) is 0 Å². The molecule has 34 heavy (non-hydrogen) atoms. The number of hydrogen-bond acceptors (Lipinski definition) is 5. The van der Waals surface area contributed by atoms with Crippen LogP contribution in [0.3, 0.4) is 0 Å². The highest BCUT2D eigenvalue weighted by Gasteiger charge is 2.48. The normalized spacial score (nSPS) is 24.4. The van der Waals surface area contributed by atoms with Gasteiger partial charge in [0.2, 0.25) is 17.7 Å². The number of ether oxygens (including phenoxy) is 1. The van der Waals surface area contributed by atoms with Crippen molar-refractivity contribution in [1.29, 1.82) is 0 Å². The first-order valence-electron chi connectivity index (χ1n) is 11.5. The molecule has 2 aromatic carbocycles. The molecule has 5 rings (SSSR count). The number of fused-ring (bicyclic) bond motifs is 1. The lowest BCUT2D eigenvalue weighted by molar-refractivity contribution is -0.139. The van der Waals surface area contributed by atoms with Gasteiger partial charge in [0.1, 0.15) is 5.75 Å². The van der Waals surface area contributed by atoms with Crippen LogP contribution in [-0.2, 0) is 19.2 Å². The lowest BCUT2D eigenvalue weighted by atomic mass is 9.82. The molecule has 0 aromatic heterocycles. The van der Waals surface area contributed by atoms with Gasteiger partial charge in [-0.15, -0.1) is 0 Å². The number of hydrogen-bond donors (Lipinski definition) is 0. The third kappa shape index (κ3) is 3.91. The van der Waals surface area contributed by atoms with Crippen LogP contribution in [0, 0.1) is 24.7 Å². The van der Waals surface area contributed by atoms with Gasteiger partial charge in [-0.2, -0.15) is 0 Å². The summed E-state index contributed by atoms with van der Waals surface area (Å²) < 4.78 is 5.58. The molecule has 2 heterocycles. The molecule has 2 aliphatic heterocycles. The molecule has 3 atom stereocenters. The van der Waals surface area contributed by atoms with Gasteiger partial charge in [-0.1, -0.05) is 29.8 Å². The largest absolute Gasteiger partial charge is 0.426 e. The predicted octanol–water partition coefficient (Wildman–Crippen LogP) is 3.80. The maximum Gasteiger partial charge on any atom is 0.316 e. The van der Waals surface area contributed by atoms with Crippen LogP contribution in [0.25, 0.3) is 0 Å². The van der Waals surface area contributed by atoms with E-state index in [4.69, 9.17) is 4.74 Å². The molecule has 0 saturated carbocycles. The molecular weight excluding hydrogens is 432 g/mol. The average molecular weight is 459 g/mol. The number of imide groups is 1. The Morgan fingerprint density at radius 2 is 1.65 bits per heavy atom. The highest BCUT2D eigenvalue weighted by Crippen LogP contribution is 2.40. The standard InChI is InChI=1S/C27H26N2O5/c1-16-5-3-6-19(11-16)28-15-18(13-24(28)30)27(33)34-21-8-4-7-20(14-21)29-25(31)22-10-9-17(2)12-23(22)26(29)32/h3-9,11,14,18,22-23H,10,12-13,15H2,1-2H3/t18-,22-,23-/m0/s1. The summed E-state index contributed by atoms with van der Waals surface area (Å²) in [6.07, 6.45) is 3.26. The zero-order valence-corrected chi connectivity index (χ0v) is 19.2. The number of nitrogens with zero attached hydrogens (tertiary/aromatic N) is 2. The van der Waals surface area contributed by atoms with Crippen molar-refractivity contribution in [3.8, 4) is 5.75 Å². The van der Waals surface area contributed by atoms with Crippen LogP contribution in [0.5, 0.6) is 5.75 Å². The van der Waals surface area contributed by atoms with E-state index in [9.17, 15) is 19.2 Å². The summed E-state index contributed by atoms with van der Waals surface area (Å²) >= 11 is 0. The van der Waals surface area contributed by atoms with Crippen molar-refractivity contribution < 1.29 is 23.9 Å². The summed E-state index contributed by atoms with van der Waals surface area (Å²) in [5.41, 5.74) is 3.32. The van der Waals surface area contributed by atoms with Crippen molar-refractivity contribution in [2.24, 2.45) is 17.8 Å². The summed E-state index contributed by atoms with van der Waals surface area (Å²) in [5.74, 6) is -2.06. The maximum atomic E-state index is 13.0. The van der Waals surface area contributed by atoms with Crippen molar-refractivity contribution >= 4 is 35.1 Å². The summed E-state index contributed by atoms with van der Waals surface area (Å²) in [6.45, 7) is 4.18. The second-order valence-electron chi connectivity index (χ2n) is 9.38. The van der Waals surface area contributed by atoms with Gasteiger partial charge in [0, 0.05) is 24.7 Å². The lowest BCUT2D eigenvalue weighted by Gasteiger charge is -2.18. The SMILES string of the molecule is CC1=CC[C@@H]2C(=O)N(c3cccc(OC(=O)[C@H]4CC(=O)N(c5cccc(C)c5)C4)c3)C(=O)[C@H]2C1. The van der Waals surface area contributed by atoms with Gasteiger partial charge in [-0.3, -0.25) is 19.2 Å². The van der Waals surface area contributed by atoms with E-state index < -0.39 is 11.9 Å². The first kappa shape index (κ1) is 22.1. The Hall–Kier alpha value is -3.74. The molecule has 7 heteroatoms. The van der Waals surface area contributed by atoms with Crippen molar-refractivity contribution in [2.45, 2.75) is 33.1 Å². The average Bonchev–Trinajstić information content (AvgIpc) is 3.31. The summed E-state index contributed by atoms with van der Waals surface area (Å²) in [6, 6.07) is 14.1. The molecule has 2 saturated heterocycles. The molecule has 1 aliphatic carbocycles. The molecule has 0 unspecified atom stereocenters. The molecule has 7 nitrogen and oxygen atoms in total. The van der Waals surface area contributed by atoms with Crippen LogP contribution in [0.2, 0.25) is 0 Å². The van der Waals surface area contributed by atoms with E-state index in [1.54, 1.807) is 29.2 Å². The van der Waals surface area contributed by atoms with Crippen LogP contribution in [0.1, 0.15) is 31.7 Å². The number of allylic oxidation sites excluding steroid dienone is 2. The Kier molecular flexibility index (Phi) is 5.55. The Morgan fingerprint density at radius 3 is 2.44 bits per heavy atom. The van der Waals surface area contributed by atoms with Crippen LogP contribution < -0.4 is 14.5 Å². The van der Waals surface area contributed by atoms with E-state index in [0.717, 1.165) is 16.8 Å². The minimum absolute atomic E-state index is 0.0747. The second-order valence-corrected chi connectivity index (χ2v) is 9.38. The first-order valence-corrected chi connectivity index (χ1v) is 11.5. The zero-order chi connectivity index (χ0) is 24.0. The molecule has 0 N–H and O–H groups in total. The van der Waals surface area contributed by atoms with Crippen LogP contribution >= 0.6 is 0 Å². The molecule has 3 amide bonds. The minimum Gasteiger partial charge on any atom is -0.426 e. The number of rotatable bonds is 4. The number of esters is 1. The second kappa shape index (κ2) is 8.56. The van der Waals surface area contributed by atoms with Gasteiger partial charge in [0.15, 0.2) is 0 Å². The molecule has 3 aliphatic rings. The fourth-order valence-electron chi connectivity index (χ4n) is 5.09. The Morgan fingerprint density at radius 1 is 0.912 bits per heavy atom. The van der Waals surface area contributed by atoms with Crippen molar-refractivity contribution in [3.05, 3.63) is 65.7 Å². The van der Waals surface area contributed by atoms with Gasteiger partial charge < -0.3 is 9.64 Å². The number of carbonyl (C=O) groups is 4. The minimum atomic E-state index is -0.594. The maximum absolute atomic E-state index is 13.0. The predicted molar refractivity (Wildman–Crippen MR) is 126 cm³/mol. The topological polar surface area (TPSA) is 84.0 Å². The highest BCUT2D eigenvalue weighted by molar-refractivity contribution is 6.22. The molecule has 0 bridgehead atoms. The zero-order valence-electron chi connectivity index (χ0n) is 19.2. The van der Waals surface area contributed by atoms with E-state index in [1.165, 1.54) is 4.90 Å². The van der Waals surface area contributed by atoms with Gasteiger partial charge in [0.25, 0.3) is 0 Å². The van der Waals surface area contributed by atoms with E-state index in [2.05, 4.69) is 0 Å². The van der Waals surface area contributed by atoms with Crippen LogP contribution in [-0.4, -0.2) is 30.2 Å². The Labute approximate surface area is 198 Å².